The highest BCUT2D eigenvalue weighted by Gasteiger charge is 2.27. The number of nitrogens with zero attached hydrogens (tertiary/aromatic N) is 4. The third-order valence-electron chi connectivity index (χ3n) is 4.91. The molecule has 0 bridgehead atoms. The zero-order valence-corrected chi connectivity index (χ0v) is 21.2. The first-order valence-electron chi connectivity index (χ1n) is 11.5. The molecule has 0 spiro atoms. The van der Waals surface area contributed by atoms with Gasteiger partial charge in [0.2, 0.25) is 0 Å². The van der Waals surface area contributed by atoms with E-state index in [2.05, 4.69) is 32.3 Å². The third kappa shape index (κ3) is 7.23. The van der Waals surface area contributed by atoms with Crippen LogP contribution in [-0.4, -0.2) is 43.2 Å². The van der Waals surface area contributed by atoms with Crippen molar-refractivity contribution in [3.05, 3.63) is 59.7 Å². The van der Waals surface area contributed by atoms with Gasteiger partial charge in [-0.3, -0.25) is 9.55 Å². The van der Waals surface area contributed by atoms with E-state index in [0.29, 0.717) is 5.25 Å². The highest BCUT2D eigenvalue weighted by Crippen LogP contribution is 2.39. The molecule has 35 heavy (non-hydrogen) atoms. The summed E-state index contributed by atoms with van der Waals surface area (Å²) in [5, 5.41) is 12.9. The summed E-state index contributed by atoms with van der Waals surface area (Å²) < 4.78 is 13.3. The number of carbonyl (C=O) groups is 1. The number of hydrogen-bond acceptors (Lipinski definition) is 7. The monoisotopic (exact) mass is 491 g/mol. The van der Waals surface area contributed by atoms with Gasteiger partial charge in [0.25, 0.3) is 0 Å². The quantitative estimate of drug-likeness (QED) is 0.480. The molecule has 1 N–H and O–H groups in total. The highest BCUT2D eigenvalue weighted by atomic mass is 32.2. The molecule has 1 saturated carbocycles. The molecule has 0 saturated heterocycles. The van der Waals surface area contributed by atoms with E-state index in [-0.39, 0.29) is 13.2 Å². The van der Waals surface area contributed by atoms with Gasteiger partial charge >= 0.3 is 6.09 Å². The molecule has 182 valence electrons. The lowest BCUT2D eigenvalue weighted by Gasteiger charge is -2.19. The molecule has 0 unspecified atom stereocenters. The first kappa shape index (κ1) is 24.6. The van der Waals surface area contributed by atoms with Crippen LogP contribution >= 0.6 is 11.8 Å². The van der Waals surface area contributed by atoms with E-state index in [1.165, 1.54) is 12.8 Å². The summed E-state index contributed by atoms with van der Waals surface area (Å²) >= 11 is 1.75. The van der Waals surface area contributed by atoms with E-state index in [0.717, 1.165) is 33.5 Å². The van der Waals surface area contributed by atoms with E-state index >= 15 is 0 Å². The van der Waals surface area contributed by atoms with Gasteiger partial charge in [0.15, 0.2) is 11.0 Å². The van der Waals surface area contributed by atoms with Crippen LogP contribution in [0, 0.1) is 18.8 Å². The summed E-state index contributed by atoms with van der Waals surface area (Å²) in [6, 6.07) is 9.62. The van der Waals surface area contributed by atoms with Gasteiger partial charge in [0, 0.05) is 17.0 Å². The summed E-state index contributed by atoms with van der Waals surface area (Å²) in [5.74, 6) is 7.47. The SMILES string of the molecule is Cc1cc(OCc2nnc(SC3CC3)n2-c2cccnc2)ccc1C#CCNC(=O)OC(C)(C)C. The number of amides is 1. The number of aromatic nitrogens is 4. The lowest BCUT2D eigenvalue weighted by molar-refractivity contribution is 0.0535. The number of hydrogen-bond donors (Lipinski definition) is 1. The Labute approximate surface area is 209 Å². The predicted octanol–water partition coefficient (Wildman–Crippen LogP) is 4.68. The maximum absolute atomic E-state index is 11.7. The zero-order chi connectivity index (χ0) is 24.8. The van der Waals surface area contributed by atoms with E-state index in [1.54, 1.807) is 24.2 Å². The molecule has 1 amide bonds. The fourth-order valence-corrected chi connectivity index (χ4v) is 4.21. The van der Waals surface area contributed by atoms with Crippen LogP contribution in [0.2, 0.25) is 0 Å². The molecule has 1 aliphatic rings. The van der Waals surface area contributed by atoms with Crippen LogP contribution in [0.1, 0.15) is 50.6 Å². The Morgan fingerprint density at radius 3 is 2.77 bits per heavy atom. The Hall–Kier alpha value is -3.51. The first-order chi connectivity index (χ1) is 16.8. The minimum atomic E-state index is -0.535. The number of aryl methyl sites for hydroxylation is 1. The topological polar surface area (TPSA) is 91.2 Å². The van der Waals surface area contributed by atoms with Crippen LogP contribution in [0.5, 0.6) is 5.75 Å². The molecule has 1 fully saturated rings. The Bertz CT molecular complexity index is 1240. The van der Waals surface area contributed by atoms with Gasteiger partial charge in [0.05, 0.1) is 18.4 Å². The van der Waals surface area contributed by atoms with Gasteiger partial charge in [-0.05, 0) is 76.4 Å². The number of ether oxygens (including phenoxy) is 2. The van der Waals surface area contributed by atoms with Gasteiger partial charge in [-0.2, -0.15) is 0 Å². The van der Waals surface area contributed by atoms with Gasteiger partial charge < -0.3 is 14.8 Å². The van der Waals surface area contributed by atoms with E-state index in [9.17, 15) is 4.79 Å². The van der Waals surface area contributed by atoms with Crippen LogP contribution in [0.25, 0.3) is 5.69 Å². The van der Waals surface area contributed by atoms with Crippen molar-refractivity contribution < 1.29 is 14.3 Å². The van der Waals surface area contributed by atoms with Crippen molar-refractivity contribution in [2.75, 3.05) is 6.54 Å². The van der Waals surface area contributed by atoms with E-state index in [1.807, 2.05) is 62.6 Å². The molecular weight excluding hydrogens is 462 g/mol. The zero-order valence-electron chi connectivity index (χ0n) is 20.4. The summed E-state index contributed by atoms with van der Waals surface area (Å²) in [5.41, 5.74) is 2.23. The number of thioether (sulfide) groups is 1. The summed E-state index contributed by atoms with van der Waals surface area (Å²) in [6.45, 7) is 7.91. The Morgan fingerprint density at radius 2 is 2.09 bits per heavy atom. The lowest BCUT2D eigenvalue weighted by Crippen LogP contribution is -2.32. The van der Waals surface area contributed by atoms with Gasteiger partial charge in [0.1, 0.15) is 18.0 Å². The molecule has 0 radical (unpaired) electrons. The van der Waals surface area contributed by atoms with Crippen LogP contribution < -0.4 is 10.1 Å². The van der Waals surface area contributed by atoms with Crippen molar-refractivity contribution in [3.8, 4) is 23.3 Å². The lowest BCUT2D eigenvalue weighted by atomic mass is 10.1. The second kappa shape index (κ2) is 10.8. The van der Waals surface area contributed by atoms with Crippen LogP contribution in [0.3, 0.4) is 0 Å². The minimum Gasteiger partial charge on any atom is -0.486 e. The van der Waals surface area contributed by atoms with Crippen molar-refractivity contribution >= 4 is 17.9 Å². The summed E-state index contributed by atoms with van der Waals surface area (Å²) in [4.78, 5) is 16.0. The third-order valence-corrected chi connectivity index (χ3v) is 6.19. The summed E-state index contributed by atoms with van der Waals surface area (Å²) in [7, 11) is 0. The normalized spacial score (nSPS) is 13.0. The van der Waals surface area contributed by atoms with Gasteiger partial charge in [-0.1, -0.05) is 23.6 Å². The molecule has 1 aromatic carbocycles. The van der Waals surface area contributed by atoms with Crippen molar-refractivity contribution in [1.82, 2.24) is 25.1 Å². The molecule has 4 rings (SSSR count). The maximum atomic E-state index is 11.7. The maximum Gasteiger partial charge on any atom is 0.408 e. The van der Waals surface area contributed by atoms with E-state index < -0.39 is 11.7 Å². The van der Waals surface area contributed by atoms with Crippen molar-refractivity contribution in [3.63, 3.8) is 0 Å². The number of pyridine rings is 1. The number of benzene rings is 1. The molecule has 1 aliphatic carbocycles. The molecular formula is C26H29N5O3S. The average molecular weight is 492 g/mol. The first-order valence-corrected chi connectivity index (χ1v) is 12.4. The molecule has 0 atom stereocenters. The number of alkyl carbamates (subject to hydrolysis) is 1. The van der Waals surface area contributed by atoms with E-state index in [4.69, 9.17) is 9.47 Å². The van der Waals surface area contributed by atoms with Gasteiger partial charge in [-0.15, -0.1) is 10.2 Å². The fourth-order valence-electron chi connectivity index (χ4n) is 3.13. The second-order valence-electron chi connectivity index (χ2n) is 9.19. The van der Waals surface area contributed by atoms with Gasteiger partial charge in [-0.25, -0.2) is 4.79 Å². The Balaban J connectivity index is 1.39. The average Bonchev–Trinajstić information content (AvgIpc) is 3.53. The minimum absolute atomic E-state index is 0.206. The largest absolute Gasteiger partial charge is 0.486 e. The fraction of sp³-hybridized carbons (Fsp3) is 0.385. The highest BCUT2D eigenvalue weighted by molar-refractivity contribution is 8.00. The standard InChI is InChI=1S/C26H29N5O3S/c1-18-15-21(10-9-19(18)7-5-14-28-25(32)34-26(2,3)4)33-17-23-29-30-24(35-22-11-12-22)31(23)20-8-6-13-27-16-20/h6,8-10,13,15-16,22H,11-12,14,17H2,1-4H3,(H,28,32). The number of nitrogens with one attached hydrogen (secondary N) is 1. The van der Waals surface area contributed by atoms with Crippen molar-refractivity contribution in [2.45, 2.75) is 63.2 Å². The summed E-state index contributed by atoms with van der Waals surface area (Å²) in [6.07, 6.45) is 5.49. The molecule has 8 nitrogen and oxygen atoms in total. The van der Waals surface area contributed by atoms with Crippen LogP contribution in [0.15, 0.2) is 47.9 Å². The smallest absolute Gasteiger partial charge is 0.408 e. The molecule has 9 heteroatoms. The van der Waals surface area contributed by atoms with Crippen molar-refractivity contribution in [1.29, 1.82) is 0 Å². The molecule has 3 aromatic rings. The predicted molar refractivity (Wildman–Crippen MR) is 135 cm³/mol. The number of rotatable bonds is 7. The second-order valence-corrected chi connectivity index (χ2v) is 10.5. The molecule has 0 aliphatic heterocycles. The van der Waals surface area contributed by atoms with Crippen molar-refractivity contribution in [2.24, 2.45) is 0 Å². The molecule has 2 aromatic heterocycles. The Morgan fingerprint density at radius 1 is 1.26 bits per heavy atom. The van der Waals surface area contributed by atoms with Crippen LogP contribution in [0.4, 0.5) is 4.79 Å². The van der Waals surface area contributed by atoms with Crippen LogP contribution in [-0.2, 0) is 11.3 Å². The number of carbonyl (C=O) groups excluding carboxylic acids is 1. The molecule has 2 heterocycles. The Kier molecular flexibility index (Phi) is 7.61.